The number of likely N-dealkylation sites (tertiary alicyclic amines) is 1. The first kappa shape index (κ1) is 18.0. The number of carbonyl (C=O) groups excluding carboxylic acids is 1. The van der Waals surface area contributed by atoms with E-state index in [2.05, 4.69) is 20.2 Å². The van der Waals surface area contributed by atoms with E-state index in [4.69, 9.17) is 0 Å². The lowest BCUT2D eigenvalue weighted by atomic mass is 9.76. The van der Waals surface area contributed by atoms with Crippen LogP contribution in [0.25, 0.3) is 0 Å². The van der Waals surface area contributed by atoms with Crippen LogP contribution >= 0.6 is 0 Å². The number of nitrogens with one attached hydrogen (secondary N) is 1. The summed E-state index contributed by atoms with van der Waals surface area (Å²) in [4.78, 5) is 37.2. The van der Waals surface area contributed by atoms with Gasteiger partial charge >= 0.3 is 5.97 Å². The van der Waals surface area contributed by atoms with Crippen LogP contribution in [0.15, 0.2) is 6.07 Å². The van der Waals surface area contributed by atoms with Crippen molar-refractivity contribution in [3.63, 3.8) is 0 Å². The molecule has 146 valence electrons. The summed E-state index contributed by atoms with van der Waals surface area (Å²) in [5.41, 5.74) is 0.817. The normalized spacial score (nSPS) is 24.3. The van der Waals surface area contributed by atoms with Gasteiger partial charge in [-0.3, -0.25) is 4.79 Å². The van der Waals surface area contributed by atoms with Crippen molar-refractivity contribution >= 4 is 23.6 Å². The van der Waals surface area contributed by atoms with Crippen molar-refractivity contribution in [2.45, 2.75) is 45.1 Å². The molecule has 4 rings (SSSR count). The van der Waals surface area contributed by atoms with Gasteiger partial charge in [-0.25, -0.2) is 9.78 Å². The number of anilines is 2. The largest absolute Gasteiger partial charge is 0.480 e. The van der Waals surface area contributed by atoms with E-state index in [1.807, 2.05) is 20.0 Å². The third-order valence-electron chi connectivity index (χ3n) is 6.21. The molecule has 2 N–H and O–H groups in total. The van der Waals surface area contributed by atoms with Crippen molar-refractivity contribution in [1.29, 1.82) is 0 Å². The quantitative estimate of drug-likeness (QED) is 0.825. The van der Waals surface area contributed by atoms with Gasteiger partial charge in [-0.2, -0.15) is 4.98 Å². The third kappa shape index (κ3) is 3.44. The van der Waals surface area contributed by atoms with Crippen LogP contribution in [0.5, 0.6) is 0 Å². The van der Waals surface area contributed by atoms with Crippen molar-refractivity contribution in [3.8, 4) is 0 Å². The molecule has 1 aromatic heterocycles. The molecule has 1 atom stereocenters. The van der Waals surface area contributed by atoms with Crippen LogP contribution in [0, 0.1) is 18.3 Å². The zero-order valence-corrected chi connectivity index (χ0v) is 15.9. The lowest BCUT2D eigenvalue weighted by Gasteiger charge is -2.39. The Bertz CT molecular complexity index is 756. The molecule has 2 aliphatic heterocycles. The lowest BCUT2D eigenvalue weighted by Crippen LogP contribution is -2.44. The van der Waals surface area contributed by atoms with Crippen molar-refractivity contribution in [2.75, 3.05) is 36.9 Å². The molecule has 1 aliphatic carbocycles. The average molecular weight is 373 g/mol. The van der Waals surface area contributed by atoms with E-state index >= 15 is 0 Å². The van der Waals surface area contributed by atoms with E-state index < -0.39 is 12.0 Å². The Kier molecular flexibility index (Phi) is 4.44. The highest BCUT2D eigenvalue weighted by molar-refractivity contribution is 5.87. The van der Waals surface area contributed by atoms with Crippen LogP contribution in [0.1, 0.15) is 37.8 Å². The van der Waals surface area contributed by atoms with Crippen LogP contribution < -0.4 is 10.2 Å². The number of piperidine rings is 1. The Hall–Kier alpha value is -2.38. The standard InChI is InChI=1S/C19H27N5O3/c1-12-9-15(20-2)22-18(21-12)23-7-5-19(6-8-23)10-14(17(26)27)24(11-19)16(25)13-3-4-13/h9,13-14H,3-8,10-11H2,1-2H3,(H,26,27)(H,20,21,22). The Morgan fingerprint density at radius 1 is 1.26 bits per heavy atom. The van der Waals surface area contributed by atoms with Crippen LogP contribution in [-0.2, 0) is 9.59 Å². The minimum atomic E-state index is -0.871. The van der Waals surface area contributed by atoms with Crippen molar-refractivity contribution < 1.29 is 14.7 Å². The second-order valence-electron chi connectivity index (χ2n) is 8.23. The highest BCUT2D eigenvalue weighted by atomic mass is 16.4. The summed E-state index contributed by atoms with van der Waals surface area (Å²) in [6, 6.07) is 1.24. The number of carboxylic acids is 1. The van der Waals surface area contributed by atoms with Gasteiger partial charge in [0.15, 0.2) is 0 Å². The maximum Gasteiger partial charge on any atom is 0.326 e. The van der Waals surface area contributed by atoms with E-state index in [0.717, 1.165) is 50.3 Å². The molecule has 0 aromatic carbocycles. The van der Waals surface area contributed by atoms with Gasteiger partial charge in [-0.05, 0) is 44.4 Å². The molecule has 0 bridgehead atoms. The van der Waals surface area contributed by atoms with E-state index in [1.54, 1.807) is 4.90 Å². The third-order valence-corrected chi connectivity index (χ3v) is 6.21. The second kappa shape index (κ2) is 6.65. The molecule has 1 unspecified atom stereocenters. The van der Waals surface area contributed by atoms with E-state index in [-0.39, 0.29) is 17.2 Å². The molecule has 1 spiro atoms. The van der Waals surface area contributed by atoms with Gasteiger partial charge in [-0.1, -0.05) is 0 Å². The minimum absolute atomic E-state index is 0.0439. The molecule has 8 nitrogen and oxygen atoms in total. The monoisotopic (exact) mass is 373 g/mol. The number of aromatic nitrogens is 2. The van der Waals surface area contributed by atoms with Crippen molar-refractivity contribution in [2.24, 2.45) is 11.3 Å². The number of rotatable bonds is 4. The van der Waals surface area contributed by atoms with Crippen LogP contribution in [0.3, 0.4) is 0 Å². The topological polar surface area (TPSA) is 98.7 Å². The van der Waals surface area contributed by atoms with Crippen LogP contribution in [0.2, 0.25) is 0 Å². The van der Waals surface area contributed by atoms with Gasteiger partial charge in [0.05, 0.1) is 0 Å². The fourth-order valence-electron chi connectivity index (χ4n) is 4.44. The summed E-state index contributed by atoms with van der Waals surface area (Å²) in [6.45, 7) is 4.09. The number of carboxylic acid groups (broad SMARTS) is 1. The van der Waals surface area contributed by atoms with E-state index in [0.29, 0.717) is 18.9 Å². The molecule has 3 fully saturated rings. The summed E-state index contributed by atoms with van der Waals surface area (Å²) in [6.07, 6.45) is 4.09. The van der Waals surface area contributed by atoms with Gasteiger partial charge in [0, 0.05) is 44.4 Å². The average Bonchev–Trinajstić information content (AvgIpc) is 3.43. The zero-order chi connectivity index (χ0) is 19.2. The maximum atomic E-state index is 12.6. The maximum absolute atomic E-state index is 12.6. The molecule has 1 aromatic rings. The summed E-state index contributed by atoms with van der Waals surface area (Å²) < 4.78 is 0. The van der Waals surface area contributed by atoms with Crippen LogP contribution in [0.4, 0.5) is 11.8 Å². The molecule has 3 aliphatic rings. The number of aryl methyl sites for hydroxylation is 1. The Morgan fingerprint density at radius 2 is 1.96 bits per heavy atom. The Balaban J connectivity index is 1.47. The number of hydrogen-bond acceptors (Lipinski definition) is 6. The van der Waals surface area contributed by atoms with Gasteiger partial charge in [0.25, 0.3) is 0 Å². The van der Waals surface area contributed by atoms with Gasteiger partial charge in [0.1, 0.15) is 11.9 Å². The summed E-state index contributed by atoms with van der Waals surface area (Å²) in [5, 5.41) is 12.7. The van der Waals surface area contributed by atoms with Crippen molar-refractivity contribution in [1.82, 2.24) is 14.9 Å². The fraction of sp³-hybridized carbons (Fsp3) is 0.684. The molecule has 8 heteroatoms. The minimum Gasteiger partial charge on any atom is -0.480 e. The number of amides is 1. The predicted octanol–water partition coefficient (Wildman–Crippen LogP) is 1.51. The molecule has 1 amide bonds. The highest BCUT2D eigenvalue weighted by Crippen LogP contribution is 2.46. The van der Waals surface area contributed by atoms with Gasteiger partial charge < -0.3 is 20.2 Å². The number of carbonyl (C=O) groups is 2. The molecule has 2 saturated heterocycles. The Labute approximate surface area is 159 Å². The first-order valence-corrected chi connectivity index (χ1v) is 9.72. The zero-order valence-electron chi connectivity index (χ0n) is 15.9. The summed E-state index contributed by atoms with van der Waals surface area (Å²) in [5.74, 6) is 0.743. The SMILES string of the molecule is CNc1cc(C)nc(N2CCC3(CC2)CC(C(=O)O)N(C(=O)C2CC2)C3)n1. The fourth-order valence-corrected chi connectivity index (χ4v) is 4.44. The summed E-state index contributed by atoms with van der Waals surface area (Å²) in [7, 11) is 1.84. The first-order valence-electron chi connectivity index (χ1n) is 9.72. The van der Waals surface area contributed by atoms with E-state index in [9.17, 15) is 14.7 Å². The smallest absolute Gasteiger partial charge is 0.326 e. The lowest BCUT2D eigenvalue weighted by molar-refractivity contribution is -0.148. The summed E-state index contributed by atoms with van der Waals surface area (Å²) >= 11 is 0. The van der Waals surface area contributed by atoms with Gasteiger partial charge in [0.2, 0.25) is 11.9 Å². The second-order valence-corrected chi connectivity index (χ2v) is 8.23. The number of nitrogens with zero attached hydrogens (tertiary/aromatic N) is 4. The number of aliphatic carboxylic acids is 1. The molecule has 27 heavy (non-hydrogen) atoms. The van der Waals surface area contributed by atoms with Crippen LogP contribution in [-0.4, -0.2) is 64.6 Å². The van der Waals surface area contributed by atoms with Crippen molar-refractivity contribution in [3.05, 3.63) is 11.8 Å². The molecule has 1 saturated carbocycles. The molecular formula is C19H27N5O3. The highest BCUT2D eigenvalue weighted by Gasteiger charge is 2.51. The molecule has 0 radical (unpaired) electrons. The van der Waals surface area contributed by atoms with E-state index in [1.165, 1.54) is 0 Å². The first-order chi connectivity index (χ1) is 12.9. The molecular weight excluding hydrogens is 346 g/mol. The molecule has 3 heterocycles. The van der Waals surface area contributed by atoms with Gasteiger partial charge in [-0.15, -0.1) is 0 Å². The number of hydrogen-bond donors (Lipinski definition) is 2. The Morgan fingerprint density at radius 3 is 2.56 bits per heavy atom. The predicted molar refractivity (Wildman–Crippen MR) is 101 cm³/mol.